The second kappa shape index (κ2) is 8.13. The van der Waals surface area contributed by atoms with E-state index in [1.54, 1.807) is 19.3 Å². The molecule has 5 nitrogen and oxygen atoms in total. The fourth-order valence-corrected chi connectivity index (χ4v) is 2.98. The van der Waals surface area contributed by atoms with Crippen LogP contribution in [0.25, 0.3) is 17.0 Å². The Morgan fingerprint density at radius 2 is 2.12 bits per heavy atom. The van der Waals surface area contributed by atoms with E-state index in [9.17, 15) is 4.79 Å². The molecule has 0 N–H and O–H groups in total. The van der Waals surface area contributed by atoms with Gasteiger partial charge in [-0.25, -0.2) is 0 Å². The predicted octanol–water partition coefficient (Wildman–Crippen LogP) is 2.63. The lowest BCUT2D eigenvalue weighted by atomic mass is 10.2. The molecular formula is C19H24N2O3. The van der Waals surface area contributed by atoms with Gasteiger partial charge < -0.3 is 14.1 Å². The molecule has 2 heterocycles. The first-order chi connectivity index (χ1) is 11.8. The molecule has 0 aliphatic carbocycles. The zero-order chi connectivity index (χ0) is 16.8. The molecule has 0 spiro atoms. The molecule has 0 bridgehead atoms. The maximum atomic E-state index is 12.4. The molecule has 0 saturated carbocycles. The number of fused-ring (bicyclic) bond motifs is 1. The Morgan fingerprint density at radius 1 is 1.25 bits per heavy atom. The molecule has 0 radical (unpaired) electrons. The summed E-state index contributed by atoms with van der Waals surface area (Å²) in [4.78, 5) is 16.7. The van der Waals surface area contributed by atoms with Gasteiger partial charge in [0, 0.05) is 44.8 Å². The van der Waals surface area contributed by atoms with Gasteiger partial charge in [0.1, 0.15) is 11.3 Å². The smallest absolute Gasteiger partial charge is 0.246 e. The predicted molar refractivity (Wildman–Crippen MR) is 94.8 cm³/mol. The van der Waals surface area contributed by atoms with Crippen LogP contribution in [-0.2, 0) is 9.53 Å². The number of benzene rings is 1. The summed E-state index contributed by atoms with van der Waals surface area (Å²) in [5.74, 6) is 0.755. The fraction of sp³-hybridized carbons (Fsp3) is 0.421. The van der Waals surface area contributed by atoms with Crippen molar-refractivity contribution >= 4 is 23.0 Å². The molecule has 1 aromatic carbocycles. The number of hydrogen-bond acceptors (Lipinski definition) is 4. The zero-order valence-electron chi connectivity index (χ0n) is 14.1. The zero-order valence-corrected chi connectivity index (χ0v) is 14.1. The number of para-hydroxylation sites is 1. The van der Waals surface area contributed by atoms with Gasteiger partial charge in [0.25, 0.3) is 0 Å². The number of carbonyl (C=O) groups is 1. The van der Waals surface area contributed by atoms with Crippen LogP contribution in [0.5, 0.6) is 0 Å². The lowest BCUT2D eigenvalue weighted by Gasteiger charge is -2.20. The number of methoxy groups -OCH3 is 1. The molecule has 1 fully saturated rings. The molecule has 5 heteroatoms. The van der Waals surface area contributed by atoms with E-state index in [2.05, 4.69) is 4.90 Å². The molecule has 1 aliphatic rings. The number of carbonyl (C=O) groups excluding carboxylic acids is 1. The first-order valence-corrected chi connectivity index (χ1v) is 8.43. The number of hydrogen-bond donors (Lipinski definition) is 0. The van der Waals surface area contributed by atoms with Crippen molar-refractivity contribution in [3.05, 3.63) is 42.2 Å². The summed E-state index contributed by atoms with van der Waals surface area (Å²) >= 11 is 0. The Labute approximate surface area is 142 Å². The van der Waals surface area contributed by atoms with Gasteiger partial charge >= 0.3 is 0 Å². The molecule has 1 saturated heterocycles. The summed E-state index contributed by atoms with van der Waals surface area (Å²) < 4.78 is 10.8. The lowest BCUT2D eigenvalue weighted by molar-refractivity contribution is -0.125. The molecule has 24 heavy (non-hydrogen) atoms. The quantitative estimate of drug-likeness (QED) is 0.792. The standard InChI is InChI=1S/C19H24N2O3/c1-23-14-13-20-9-4-10-21(12-11-20)19(22)8-7-17-15-16-5-2-3-6-18(16)24-17/h2-3,5-8,15H,4,9-14H2,1H3. The molecule has 3 rings (SSSR count). The third-order valence-electron chi connectivity index (χ3n) is 4.35. The first-order valence-electron chi connectivity index (χ1n) is 8.43. The molecular weight excluding hydrogens is 304 g/mol. The van der Waals surface area contributed by atoms with Crippen LogP contribution < -0.4 is 0 Å². The van der Waals surface area contributed by atoms with E-state index < -0.39 is 0 Å². The van der Waals surface area contributed by atoms with E-state index in [-0.39, 0.29) is 5.91 Å². The molecule has 1 aromatic heterocycles. The highest BCUT2D eigenvalue weighted by Crippen LogP contribution is 2.19. The van der Waals surface area contributed by atoms with Crippen molar-refractivity contribution in [1.82, 2.24) is 9.80 Å². The van der Waals surface area contributed by atoms with Gasteiger partial charge in [-0.1, -0.05) is 18.2 Å². The Bertz CT molecular complexity index is 674. The van der Waals surface area contributed by atoms with Crippen molar-refractivity contribution in [2.24, 2.45) is 0 Å². The van der Waals surface area contributed by atoms with Gasteiger partial charge in [0.2, 0.25) is 5.91 Å². The van der Waals surface area contributed by atoms with Gasteiger partial charge in [0.15, 0.2) is 0 Å². The maximum Gasteiger partial charge on any atom is 0.246 e. The van der Waals surface area contributed by atoms with Gasteiger partial charge in [-0.05, 0) is 31.2 Å². The first kappa shape index (κ1) is 16.7. The minimum atomic E-state index is 0.0454. The highest BCUT2D eigenvalue weighted by Gasteiger charge is 2.17. The molecule has 1 amide bonds. The monoisotopic (exact) mass is 328 g/mol. The summed E-state index contributed by atoms with van der Waals surface area (Å²) in [7, 11) is 1.72. The molecule has 0 atom stereocenters. The molecule has 2 aromatic rings. The Hall–Kier alpha value is -2.11. The van der Waals surface area contributed by atoms with Crippen LogP contribution in [0.4, 0.5) is 0 Å². The van der Waals surface area contributed by atoms with Crippen molar-refractivity contribution in [3.8, 4) is 0 Å². The van der Waals surface area contributed by atoms with Gasteiger partial charge in [-0.3, -0.25) is 9.69 Å². The summed E-state index contributed by atoms with van der Waals surface area (Å²) in [6.07, 6.45) is 4.37. The van der Waals surface area contributed by atoms with Gasteiger partial charge in [-0.15, -0.1) is 0 Å². The largest absolute Gasteiger partial charge is 0.457 e. The Kier molecular flexibility index (Phi) is 5.67. The number of nitrogens with zero attached hydrogens (tertiary/aromatic N) is 2. The van der Waals surface area contributed by atoms with Crippen LogP contribution in [-0.4, -0.2) is 62.1 Å². The minimum Gasteiger partial charge on any atom is -0.457 e. The third-order valence-corrected chi connectivity index (χ3v) is 4.35. The number of amides is 1. The van der Waals surface area contributed by atoms with Crippen LogP contribution in [0, 0.1) is 0 Å². The number of furan rings is 1. The van der Waals surface area contributed by atoms with Gasteiger partial charge in [0.05, 0.1) is 6.61 Å². The van der Waals surface area contributed by atoms with E-state index in [0.29, 0.717) is 5.76 Å². The minimum absolute atomic E-state index is 0.0454. The van der Waals surface area contributed by atoms with Crippen LogP contribution in [0.2, 0.25) is 0 Å². The number of rotatable bonds is 5. The summed E-state index contributed by atoms with van der Waals surface area (Å²) in [6.45, 7) is 5.13. The van der Waals surface area contributed by atoms with Crippen molar-refractivity contribution in [1.29, 1.82) is 0 Å². The van der Waals surface area contributed by atoms with E-state index >= 15 is 0 Å². The van der Waals surface area contributed by atoms with E-state index in [1.807, 2.05) is 35.2 Å². The second-order valence-electron chi connectivity index (χ2n) is 6.03. The topological polar surface area (TPSA) is 45.9 Å². The average Bonchev–Trinajstić information content (AvgIpc) is 2.87. The Morgan fingerprint density at radius 3 is 2.96 bits per heavy atom. The average molecular weight is 328 g/mol. The van der Waals surface area contributed by atoms with Crippen LogP contribution in [0.15, 0.2) is 40.8 Å². The summed E-state index contributed by atoms with van der Waals surface area (Å²) in [5.41, 5.74) is 0.841. The second-order valence-corrected chi connectivity index (χ2v) is 6.03. The number of ether oxygens (including phenoxy) is 1. The van der Waals surface area contributed by atoms with Crippen molar-refractivity contribution in [2.75, 3.05) is 46.4 Å². The van der Waals surface area contributed by atoms with E-state index in [0.717, 1.165) is 56.7 Å². The van der Waals surface area contributed by atoms with Gasteiger partial charge in [-0.2, -0.15) is 0 Å². The summed E-state index contributed by atoms with van der Waals surface area (Å²) in [5, 5.41) is 1.05. The maximum absolute atomic E-state index is 12.4. The molecule has 1 aliphatic heterocycles. The molecule has 128 valence electrons. The highest BCUT2D eigenvalue weighted by atomic mass is 16.5. The molecule has 0 unspecified atom stereocenters. The van der Waals surface area contributed by atoms with Crippen molar-refractivity contribution < 1.29 is 13.9 Å². The van der Waals surface area contributed by atoms with Crippen LogP contribution in [0.3, 0.4) is 0 Å². The van der Waals surface area contributed by atoms with E-state index in [4.69, 9.17) is 9.15 Å². The SMILES string of the molecule is COCCN1CCCN(C(=O)C=Cc2cc3ccccc3o2)CC1. The van der Waals surface area contributed by atoms with Crippen LogP contribution >= 0.6 is 0 Å². The highest BCUT2D eigenvalue weighted by molar-refractivity contribution is 5.92. The summed E-state index contributed by atoms with van der Waals surface area (Å²) in [6, 6.07) is 9.80. The Balaban J connectivity index is 1.57. The fourth-order valence-electron chi connectivity index (χ4n) is 2.98. The van der Waals surface area contributed by atoms with Crippen molar-refractivity contribution in [2.45, 2.75) is 6.42 Å². The lowest BCUT2D eigenvalue weighted by Crippen LogP contribution is -2.35. The van der Waals surface area contributed by atoms with Crippen LogP contribution in [0.1, 0.15) is 12.2 Å². The van der Waals surface area contributed by atoms with E-state index in [1.165, 1.54) is 0 Å². The normalized spacial score (nSPS) is 16.8. The third kappa shape index (κ3) is 4.24. The van der Waals surface area contributed by atoms with Crippen molar-refractivity contribution in [3.63, 3.8) is 0 Å².